The zero-order valence-electron chi connectivity index (χ0n) is 22.3. The summed E-state index contributed by atoms with van der Waals surface area (Å²) >= 11 is 0. The topological polar surface area (TPSA) is 100 Å². The maximum atomic E-state index is 15.1. The largest absolute Gasteiger partial charge is 0.378 e. The van der Waals surface area contributed by atoms with Gasteiger partial charge in [0.1, 0.15) is 28.7 Å². The molecule has 5 heterocycles. The molecule has 1 aromatic carbocycles. The molecule has 2 fully saturated rings. The maximum Gasteiger partial charge on any atom is 0.259 e. The van der Waals surface area contributed by atoms with Gasteiger partial charge in [0.2, 0.25) is 5.95 Å². The second-order valence-corrected chi connectivity index (χ2v) is 10.3. The number of anilines is 3. The van der Waals surface area contributed by atoms with Gasteiger partial charge < -0.3 is 29.7 Å². The lowest BCUT2D eigenvalue weighted by atomic mass is 10.1. The number of carbonyl (C=O) groups excluding carboxylic acids is 1. The molecule has 4 aromatic rings. The van der Waals surface area contributed by atoms with Crippen molar-refractivity contribution in [1.82, 2.24) is 29.7 Å². The molecule has 2 aliphatic heterocycles. The van der Waals surface area contributed by atoms with Crippen LogP contribution in [-0.2, 0) is 4.74 Å². The van der Waals surface area contributed by atoms with Crippen molar-refractivity contribution >= 4 is 34.4 Å². The Morgan fingerprint density at radius 1 is 1.02 bits per heavy atom. The van der Waals surface area contributed by atoms with Crippen LogP contribution in [0.25, 0.3) is 16.7 Å². The summed E-state index contributed by atoms with van der Waals surface area (Å²) in [5, 5.41) is 7.36. The number of nitrogens with zero attached hydrogens (tertiary/aromatic N) is 6. The normalized spacial score (nSPS) is 19.7. The number of fused-ring (bicyclic) bond motifs is 1. The van der Waals surface area contributed by atoms with E-state index in [4.69, 9.17) is 4.74 Å². The number of hydrogen-bond acceptors (Lipinski definition) is 8. The van der Waals surface area contributed by atoms with Crippen molar-refractivity contribution in [1.29, 1.82) is 0 Å². The van der Waals surface area contributed by atoms with Crippen molar-refractivity contribution in [3.8, 4) is 5.69 Å². The third-order valence-electron chi connectivity index (χ3n) is 7.13. The predicted octanol–water partition coefficient (Wildman–Crippen LogP) is 3.50. The Balaban J connectivity index is 1.23. The molecule has 12 heteroatoms. The molecule has 0 bridgehead atoms. The van der Waals surface area contributed by atoms with Gasteiger partial charge in [-0.25, -0.2) is 18.7 Å². The highest BCUT2D eigenvalue weighted by Gasteiger charge is 2.26. The molecule has 208 valence electrons. The van der Waals surface area contributed by atoms with Gasteiger partial charge in [-0.05, 0) is 44.2 Å². The van der Waals surface area contributed by atoms with Gasteiger partial charge in [-0.15, -0.1) is 0 Å². The number of carbonyl (C=O) groups is 1. The van der Waals surface area contributed by atoms with E-state index >= 15 is 8.78 Å². The zero-order chi connectivity index (χ0) is 27.8. The van der Waals surface area contributed by atoms with Crippen LogP contribution >= 0.6 is 0 Å². The van der Waals surface area contributed by atoms with Gasteiger partial charge >= 0.3 is 0 Å². The molecule has 2 atom stereocenters. The lowest BCUT2D eigenvalue weighted by Crippen LogP contribution is -2.54. The predicted molar refractivity (Wildman–Crippen MR) is 147 cm³/mol. The molecule has 10 nitrogen and oxygen atoms in total. The number of ether oxygens (including phenoxy) is 1. The van der Waals surface area contributed by atoms with E-state index in [1.54, 1.807) is 29.2 Å². The highest BCUT2D eigenvalue weighted by atomic mass is 19.1. The number of benzene rings is 1. The molecule has 0 radical (unpaired) electrons. The fourth-order valence-electron chi connectivity index (χ4n) is 5.30. The molecule has 1 amide bonds. The summed E-state index contributed by atoms with van der Waals surface area (Å²) in [6.07, 6.45) is 5.02. The highest BCUT2D eigenvalue weighted by Crippen LogP contribution is 2.25. The van der Waals surface area contributed by atoms with Gasteiger partial charge in [-0.3, -0.25) is 4.79 Å². The summed E-state index contributed by atoms with van der Waals surface area (Å²) in [5.41, 5.74) is 0.802. The van der Waals surface area contributed by atoms with Gasteiger partial charge in [0.05, 0.1) is 30.8 Å². The lowest BCUT2D eigenvalue weighted by molar-refractivity contribution is 0.0296. The number of rotatable bonds is 5. The first-order chi connectivity index (χ1) is 19.4. The van der Waals surface area contributed by atoms with E-state index in [-0.39, 0.29) is 5.69 Å². The molecule has 2 saturated heterocycles. The number of aromatic nitrogens is 4. The molecule has 40 heavy (non-hydrogen) atoms. The third-order valence-corrected chi connectivity index (χ3v) is 7.13. The van der Waals surface area contributed by atoms with E-state index in [9.17, 15) is 4.79 Å². The SMILES string of the molecule is CC1CN(c2ccc(Nc3ncc4ccn(-c5cc(F)c(C(=O)N6CCOCC6)c(F)c5)c4n3)cn2)CC(C)N1. The standard InChI is InChI=1S/C28H30F2N8O2/c1-17-15-37(16-18(2)33-17)24-4-3-20(14-31-24)34-28-32-13-19-5-6-38(26(19)35-28)21-11-22(29)25(23(30)12-21)27(39)36-7-9-40-10-8-36/h3-6,11-14,17-18,33H,7-10,15-16H2,1-2H3,(H,32,34,35). The molecular weight excluding hydrogens is 518 g/mol. The molecule has 2 unspecified atom stereocenters. The number of amides is 1. The van der Waals surface area contributed by atoms with E-state index in [0.717, 1.165) is 31.0 Å². The van der Waals surface area contributed by atoms with Crippen LogP contribution in [0.4, 0.5) is 26.2 Å². The first-order valence-electron chi connectivity index (χ1n) is 13.3. The summed E-state index contributed by atoms with van der Waals surface area (Å²) in [5.74, 6) is -1.33. The Morgan fingerprint density at radius 2 is 1.75 bits per heavy atom. The van der Waals surface area contributed by atoms with E-state index in [2.05, 4.69) is 44.3 Å². The molecule has 3 aromatic heterocycles. The summed E-state index contributed by atoms with van der Waals surface area (Å²) in [7, 11) is 0. The summed E-state index contributed by atoms with van der Waals surface area (Å²) in [6.45, 7) is 7.34. The van der Waals surface area contributed by atoms with Gasteiger partial charge in [0.15, 0.2) is 0 Å². The summed E-state index contributed by atoms with van der Waals surface area (Å²) in [4.78, 5) is 30.0. The minimum absolute atomic E-state index is 0.207. The number of piperazine rings is 1. The Bertz CT molecular complexity index is 1500. The molecule has 0 spiro atoms. The number of morpholine rings is 1. The average molecular weight is 549 g/mol. The van der Waals surface area contributed by atoms with Gasteiger partial charge in [0, 0.05) is 56.0 Å². The Morgan fingerprint density at radius 3 is 2.42 bits per heavy atom. The Kier molecular flexibility index (Phi) is 7.03. The molecule has 0 aliphatic carbocycles. The second kappa shape index (κ2) is 10.8. The van der Waals surface area contributed by atoms with Crippen LogP contribution in [0, 0.1) is 11.6 Å². The summed E-state index contributed by atoms with van der Waals surface area (Å²) in [6, 6.07) is 8.68. The minimum atomic E-state index is -0.930. The highest BCUT2D eigenvalue weighted by molar-refractivity contribution is 5.95. The maximum absolute atomic E-state index is 15.1. The average Bonchev–Trinajstić information content (AvgIpc) is 3.36. The van der Waals surface area contributed by atoms with E-state index in [1.807, 2.05) is 12.1 Å². The van der Waals surface area contributed by atoms with E-state index < -0.39 is 23.1 Å². The van der Waals surface area contributed by atoms with Crippen LogP contribution in [0.15, 0.2) is 48.9 Å². The van der Waals surface area contributed by atoms with Crippen LogP contribution in [0.5, 0.6) is 0 Å². The van der Waals surface area contributed by atoms with Crippen LogP contribution in [0.1, 0.15) is 24.2 Å². The van der Waals surface area contributed by atoms with Gasteiger partial charge in [-0.1, -0.05) is 0 Å². The number of halogens is 2. The first-order valence-corrected chi connectivity index (χ1v) is 13.3. The van der Waals surface area contributed by atoms with Crippen molar-refractivity contribution < 1.29 is 18.3 Å². The van der Waals surface area contributed by atoms with Crippen molar-refractivity contribution in [3.05, 3.63) is 66.1 Å². The Labute approximate surface area is 230 Å². The number of hydrogen-bond donors (Lipinski definition) is 2. The van der Waals surface area contributed by atoms with Crippen molar-refractivity contribution in [2.45, 2.75) is 25.9 Å². The Hall–Kier alpha value is -4.16. The van der Waals surface area contributed by atoms with E-state index in [1.165, 1.54) is 4.90 Å². The molecular formula is C28H30F2N8O2. The number of pyridine rings is 1. The second-order valence-electron chi connectivity index (χ2n) is 10.3. The third kappa shape index (κ3) is 5.19. The van der Waals surface area contributed by atoms with E-state index in [0.29, 0.717) is 61.1 Å². The first kappa shape index (κ1) is 26.1. The summed E-state index contributed by atoms with van der Waals surface area (Å²) < 4.78 is 37.0. The smallest absolute Gasteiger partial charge is 0.259 e. The van der Waals surface area contributed by atoms with Crippen LogP contribution in [0.3, 0.4) is 0 Å². The van der Waals surface area contributed by atoms with Gasteiger partial charge in [0.25, 0.3) is 5.91 Å². The molecule has 0 saturated carbocycles. The minimum Gasteiger partial charge on any atom is -0.378 e. The molecule has 2 aliphatic rings. The van der Waals surface area contributed by atoms with Crippen molar-refractivity contribution in [2.24, 2.45) is 0 Å². The lowest BCUT2D eigenvalue weighted by Gasteiger charge is -2.36. The monoisotopic (exact) mass is 548 g/mol. The van der Waals surface area contributed by atoms with Crippen molar-refractivity contribution in [2.75, 3.05) is 49.6 Å². The quantitative estimate of drug-likeness (QED) is 0.391. The molecule has 6 rings (SSSR count). The fraction of sp³-hybridized carbons (Fsp3) is 0.357. The fourth-order valence-corrected chi connectivity index (χ4v) is 5.30. The van der Waals surface area contributed by atoms with Crippen LogP contribution in [-0.4, -0.2) is 81.8 Å². The van der Waals surface area contributed by atoms with Crippen molar-refractivity contribution in [3.63, 3.8) is 0 Å². The van der Waals surface area contributed by atoms with Crippen LogP contribution in [0.2, 0.25) is 0 Å². The van der Waals surface area contributed by atoms with Crippen LogP contribution < -0.4 is 15.5 Å². The zero-order valence-corrected chi connectivity index (χ0v) is 22.3. The van der Waals surface area contributed by atoms with Gasteiger partial charge in [-0.2, -0.15) is 4.98 Å². The number of nitrogens with one attached hydrogen (secondary N) is 2. The molecule has 2 N–H and O–H groups in total.